The van der Waals surface area contributed by atoms with Crippen molar-refractivity contribution in [1.82, 2.24) is 0 Å². The first-order valence-electron chi connectivity index (χ1n) is 3.91. The van der Waals surface area contributed by atoms with E-state index >= 15 is 0 Å². The number of rotatable bonds is 0. The van der Waals surface area contributed by atoms with E-state index in [0.717, 1.165) is 13.0 Å². The van der Waals surface area contributed by atoms with Crippen molar-refractivity contribution in [2.45, 2.75) is 13.1 Å². The van der Waals surface area contributed by atoms with Gasteiger partial charge in [-0.15, -0.1) is 6.42 Å². The van der Waals surface area contributed by atoms with Crippen molar-refractivity contribution in [3.8, 4) is 12.3 Å². The second-order valence-corrected chi connectivity index (χ2v) is 2.97. The minimum absolute atomic E-state index is 0.381. The third kappa shape index (κ3) is 1.89. The molecule has 80 valence electrons. The van der Waals surface area contributed by atoms with Gasteiger partial charge in [0.2, 0.25) is 0 Å². The van der Waals surface area contributed by atoms with Gasteiger partial charge in [-0.2, -0.15) is 13.2 Å². The van der Waals surface area contributed by atoms with Gasteiger partial charge in [-0.05, 0) is 13.0 Å². The van der Waals surface area contributed by atoms with Crippen LogP contribution in [0.2, 0.25) is 0 Å². The molecule has 5 heteroatoms. The second kappa shape index (κ2) is 3.46. The molecule has 0 fully saturated rings. The van der Waals surface area contributed by atoms with Gasteiger partial charge in [0.1, 0.15) is 5.82 Å². The molecular weight excluding hydrogens is 210 g/mol. The van der Waals surface area contributed by atoms with Crippen LogP contribution in [0, 0.1) is 25.1 Å². The maximum absolute atomic E-state index is 13.1. The van der Waals surface area contributed by atoms with Gasteiger partial charge in [-0.1, -0.05) is 5.92 Å². The lowest BCUT2D eigenvalue weighted by molar-refractivity contribution is -0.138. The zero-order valence-corrected chi connectivity index (χ0v) is 7.74. The number of nitrogen functional groups attached to an aromatic ring is 1. The fourth-order valence-corrected chi connectivity index (χ4v) is 1.30. The Morgan fingerprint density at radius 3 is 2.33 bits per heavy atom. The quantitative estimate of drug-likeness (QED) is 0.403. The lowest BCUT2D eigenvalue weighted by Crippen LogP contribution is -2.13. The van der Waals surface area contributed by atoms with E-state index in [4.69, 9.17) is 12.2 Å². The summed E-state index contributed by atoms with van der Waals surface area (Å²) < 4.78 is 50.7. The van der Waals surface area contributed by atoms with Crippen LogP contribution in [0.5, 0.6) is 0 Å². The number of benzene rings is 1. The van der Waals surface area contributed by atoms with E-state index in [1.165, 1.54) is 0 Å². The van der Waals surface area contributed by atoms with Gasteiger partial charge in [0.05, 0.1) is 11.3 Å². The Labute approximate surface area is 83.9 Å². The normalized spacial score (nSPS) is 11.2. The van der Waals surface area contributed by atoms with Crippen LogP contribution in [0.15, 0.2) is 6.07 Å². The molecule has 2 N–H and O–H groups in total. The highest BCUT2D eigenvalue weighted by Gasteiger charge is 2.36. The summed E-state index contributed by atoms with van der Waals surface area (Å²) in [4.78, 5) is 0. The van der Waals surface area contributed by atoms with E-state index in [1.807, 2.05) is 5.92 Å². The van der Waals surface area contributed by atoms with Crippen LogP contribution in [-0.4, -0.2) is 0 Å². The molecule has 1 aromatic rings. The molecule has 0 bridgehead atoms. The minimum Gasteiger partial charge on any atom is -0.396 e. The molecule has 0 saturated carbocycles. The summed E-state index contributed by atoms with van der Waals surface area (Å²) in [6, 6.07) is 0.811. The lowest BCUT2D eigenvalue weighted by Gasteiger charge is -2.14. The average molecular weight is 217 g/mol. The van der Waals surface area contributed by atoms with E-state index in [1.54, 1.807) is 0 Å². The van der Waals surface area contributed by atoms with Gasteiger partial charge in [0.15, 0.2) is 0 Å². The molecule has 1 nitrogen and oxygen atoms in total. The van der Waals surface area contributed by atoms with E-state index < -0.39 is 28.7 Å². The summed E-state index contributed by atoms with van der Waals surface area (Å²) in [5.74, 6) is 0.762. The summed E-state index contributed by atoms with van der Waals surface area (Å²) in [5, 5.41) is 0. The Hall–Kier alpha value is -1.70. The Morgan fingerprint density at radius 2 is 1.93 bits per heavy atom. The molecule has 15 heavy (non-hydrogen) atoms. The second-order valence-electron chi connectivity index (χ2n) is 2.97. The zero-order chi connectivity index (χ0) is 11.8. The smallest absolute Gasteiger partial charge is 0.396 e. The highest BCUT2D eigenvalue weighted by molar-refractivity contribution is 5.56. The standard InChI is InChI=1S/C10H7F4N/c1-3-6-4-7(15)9(11)5(2)8(6)10(12,13)14/h1,4H,15H2,2H3. The Balaban J connectivity index is 3.65. The van der Waals surface area contributed by atoms with Crippen LogP contribution < -0.4 is 5.73 Å². The first-order valence-corrected chi connectivity index (χ1v) is 3.91. The van der Waals surface area contributed by atoms with E-state index in [-0.39, 0.29) is 5.69 Å². The van der Waals surface area contributed by atoms with Crippen LogP contribution in [0.4, 0.5) is 23.2 Å². The Kier molecular flexibility index (Phi) is 2.63. The molecular formula is C10H7F4N. The molecule has 0 spiro atoms. The third-order valence-electron chi connectivity index (χ3n) is 1.97. The number of hydrogen-bond donors (Lipinski definition) is 1. The molecule has 1 aromatic carbocycles. The van der Waals surface area contributed by atoms with E-state index in [0.29, 0.717) is 0 Å². The molecule has 0 radical (unpaired) electrons. The topological polar surface area (TPSA) is 26.0 Å². The molecule has 1 rings (SSSR count). The summed E-state index contributed by atoms with van der Waals surface area (Å²) in [6.07, 6.45) is 0.227. The van der Waals surface area contributed by atoms with Gasteiger partial charge >= 0.3 is 6.18 Å². The van der Waals surface area contributed by atoms with Crippen molar-refractivity contribution in [1.29, 1.82) is 0 Å². The molecule has 0 atom stereocenters. The van der Waals surface area contributed by atoms with Gasteiger partial charge in [0.25, 0.3) is 0 Å². The Bertz CT molecular complexity index is 440. The predicted molar refractivity (Wildman–Crippen MR) is 48.5 cm³/mol. The highest BCUT2D eigenvalue weighted by atomic mass is 19.4. The van der Waals surface area contributed by atoms with E-state index in [2.05, 4.69) is 0 Å². The average Bonchev–Trinajstić information content (AvgIpc) is 2.11. The minimum atomic E-state index is -4.68. The molecule has 0 aliphatic rings. The Morgan fingerprint density at radius 1 is 1.40 bits per heavy atom. The lowest BCUT2D eigenvalue weighted by atomic mass is 10.00. The number of terminal acetylenes is 1. The molecule has 0 amide bonds. The van der Waals surface area contributed by atoms with Crippen LogP contribution in [0.1, 0.15) is 16.7 Å². The van der Waals surface area contributed by atoms with Crippen molar-refractivity contribution < 1.29 is 17.6 Å². The SMILES string of the molecule is C#Cc1cc(N)c(F)c(C)c1C(F)(F)F. The van der Waals surface area contributed by atoms with Crippen LogP contribution >= 0.6 is 0 Å². The van der Waals surface area contributed by atoms with Gasteiger partial charge in [-0.25, -0.2) is 4.39 Å². The molecule has 0 aromatic heterocycles. The number of halogens is 4. The van der Waals surface area contributed by atoms with Gasteiger partial charge in [-0.3, -0.25) is 0 Å². The maximum atomic E-state index is 13.1. The van der Waals surface area contributed by atoms with Crippen LogP contribution in [0.3, 0.4) is 0 Å². The summed E-state index contributed by atoms with van der Waals surface area (Å²) >= 11 is 0. The molecule has 0 aliphatic carbocycles. The van der Waals surface area contributed by atoms with Crippen molar-refractivity contribution in [3.63, 3.8) is 0 Å². The summed E-state index contributed by atoms with van der Waals surface area (Å²) in [5.41, 5.74) is 2.63. The van der Waals surface area contributed by atoms with Crippen molar-refractivity contribution in [3.05, 3.63) is 28.6 Å². The van der Waals surface area contributed by atoms with Gasteiger partial charge in [0, 0.05) is 11.1 Å². The van der Waals surface area contributed by atoms with Crippen molar-refractivity contribution >= 4 is 5.69 Å². The first kappa shape index (κ1) is 11.4. The third-order valence-corrected chi connectivity index (χ3v) is 1.97. The summed E-state index contributed by atoms with van der Waals surface area (Å²) in [7, 11) is 0. The molecule has 0 unspecified atom stereocenters. The van der Waals surface area contributed by atoms with Crippen LogP contribution in [0.25, 0.3) is 0 Å². The monoisotopic (exact) mass is 217 g/mol. The fourth-order valence-electron chi connectivity index (χ4n) is 1.30. The first-order chi connectivity index (χ1) is 6.79. The molecule has 0 heterocycles. The zero-order valence-electron chi connectivity index (χ0n) is 7.74. The highest BCUT2D eigenvalue weighted by Crippen LogP contribution is 2.36. The predicted octanol–water partition coefficient (Wildman–Crippen LogP) is 2.72. The number of alkyl halides is 3. The summed E-state index contributed by atoms with van der Waals surface area (Å²) in [6.45, 7) is 0.995. The number of anilines is 1. The molecule has 0 saturated heterocycles. The van der Waals surface area contributed by atoms with Crippen molar-refractivity contribution in [2.24, 2.45) is 0 Å². The molecule has 0 aliphatic heterocycles. The number of hydrogen-bond acceptors (Lipinski definition) is 1. The fraction of sp³-hybridized carbons (Fsp3) is 0.200. The van der Waals surface area contributed by atoms with Crippen LogP contribution in [-0.2, 0) is 6.18 Å². The number of nitrogens with two attached hydrogens (primary N) is 1. The maximum Gasteiger partial charge on any atom is 0.417 e. The largest absolute Gasteiger partial charge is 0.417 e. The van der Waals surface area contributed by atoms with E-state index in [9.17, 15) is 17.6 Å². The van der Waals surface area contributed by atoms with Crippen molar-refractivity contribution in [2.75, 3.05) is 5.73 Å². The van der Waals surface area contributed by atoms with Gasteiger partial charge < -0.3 is 5.73 Å².